The van der Waals surface area contributed by atoms with E-state index in [1.54, 1.807) is 0 Å². The van der Waals surface area contributed by atoms with Crippen molar-refractivity contribution in [2.24, 2.45) is 0 Å². The van der Waals surface area contributed by atoms with Crippen LogP contribution in [0, 0.1) is 11.6 Å². The van der Waals surface area contributed by atoms with Gasteiger partial charge in [-0.1, -0.05) is 6.07 Å². The lowest BCUT2D eigenvalue weighted by molar-refractivity contribution is -0.131. The molecule has 1 aromatic carbocycles. The Hall–Kier alpha value is -2.24. The molecule has 1 aromatic rings. The second kappa shape index (κ2) is 5.20. The van der Waals surface area contributed by atoms with Gasteiger partial charge >= 0.3 is 5.97 Å². The van der Waals surface area contributed by atoms with Crippen LogP contribution in [-0.4, -0.2) is 17.0 Å². The third kappa shape index (κ3) is 3.37. The molecule has 2 N–H and O–H groups in total. The van der Waals surface area contributed by atoms with Crippen molar-refractivity contribution in [2.75, 3.05) is 5.32 Å². The summed E-state index contributed by atoms with van der Waals surface area (Å²) in [7, 11) is 0. The summed E-state index contributed by atoms with van der Waals surface area (Å²) in [6.07, 6.45) is 0.647. The van der Waals surface area contributed by atoms with Crippen LogP contribution >= 0.6 is 0 Å². The van der Waals surface area contributed by atoms with Crippen LogP contribution in [0.5, 0.6) is 0 Å². The highest BCUT2D eigenvalue weighted by atomic mass is 19.1. The normalized spacial score (nSPS) is 11.1. The molecule has 0 saturated carbocycles. The number of para-hydroxylation sites is 1. The van der Waals surface area contributed by atoms with Gasteiger partial charge in [-0.25, -0.2) is 13.6 Å². The summed E-state index contributed by atoms with van der Waals surface area (Å²) < 4.78 is 26.3. The van der Waals surface area contributed by atoms with Gasteiger partial charge in [0, 0.05) is 11.6 Å². The van der Waals surface area contributed by atoms with E-state index < -0.39 is 29.2 Å². The van der Waals surface area contributed by atoms with Crippen molar-refractivity contribution in [2.45, 2.75) is 6.92 Å². The van der Waals surface area contributed by atoms with Crippen LogP contribution in [0.4, 0.5) is 14.5 Å². The van der Waals surface area contributed by atoms with E-state index >= 15 is 0 Å². The Balaban J connectivity index is 2.93. The van der Waals surface area contributed by atoms with E-state index in [1.807, 2.05) is 5.32 Å². The van der Waals surface area contributed by atoms with Crippen molar-refractivity contribution in [3.05, 3.63) is 41.5 Å². The number of carboxylic acid groups (broad SMARTS) is 1. The molecule has 1 amide bonds. The fraction of sp³-hybridized carbons (Fsp3) is 0.0909. The SMILES string of the molecule is C/C(=C\C(=O)O)C(=O)Nc1c(F)cccc1F. The largest absolute Gasteiger partial charge is 0.478 e. The van der Waals surface area contributed by atoms with Crippen LogP contribution in [0.15, 0.2) is 29.8 Å². The van der Waals surface area contributed by atoms with Crippen molar-refractivity contribution < 1.29 is 23.5 Å². The second-order valence-corrected chi connectivity index (χ2v) is 3.22. The summed E-state index contributed by atoms with van der Waals surface area (Å²) in [6, 6.07) is 3.12. The van der Waals surface area contributed by atoms with E-state index in [9.17, 15) is 18.4 Å². The molecule has 0 saturated heterocycles. The van der Waals surface area contributed by atoms with E-state index in [1.165, 1.54) is 6.92 Å². The molecule has 0 bridgehead atoms. The molecular formula is C11H9F2NO3. The topological polar surface area (TPSA) is 66.4 Å². The van der Waals surface area contributed by atoms with E-state index in [-0.39, 0.29) is 5.57 Å². The second-order valence-electron chi connectivity index (χ2n) is 3.22. The zero-order chi connectivity index (χ0) is 13.0. The van der Waals surface area contributed by atoms with Gasteiger partial charge in [0.25, 0.3) is 5.91 Å². The number of anilines is 1. The van der Waals surface area contributed by atoms with Crippen LogP contribution in [0.1, 0.15) is 6.92 Å². The highest BCUT2D eigenvalue weighted by Crippen LogP contribution is 2.18. The average Bonchev–Trinajstić information content (AvgIpc) is 2.22. The van der Waals surface area contributed by atoms with Crippen molar-refractivity contribution in [3.63, 3.8) is 0 Å². The molecule has 0 spiro atoms. The number of aliphatic carboxylic acids is 1. The standard InChI is InChI=1S/C11H9F2NO3/c1-6(5-9(15)16)11(17)14-10-7(12)3-2-4-8(10)13/h2-5H,1H3,(H,14,17)(H,15,16)/b6-5+. The third-order valence-electron chi connectivity index (χ3n) is 1.90. The summed E-state index contributed by atoms with van der Waals surface area (Å²) in [4.78, 5) is 21.7. The molecule has 0 atom stereocenters. The molecule has 0 fully saturated rings. The van der Waals surface area contributed by atoms with Gasteiger partial charge in [0.1, 0.15) is 17.3 Å². The van der Waals surface area contributed by atoms with Crippen LogP contribution < -0.4 is 5.32 Å². The lowest BCUT2D eigenvalue weighted by Gasteiger charge is -2.06. The van der Waals surface area contributed by atoms with Gasteiger partial charge in [0.05, 0.1) is 0 Å². The van der Waals surface area contributed by atoms with Crippen LogP contribution in [0.3, 0.4) is 0 Å². The molecule has 17 heavy (non-hydrogen) atoms. The van der Waals surface area contributed by atoms with Gasteiger partial charge in [-0.05, 0) is 19.1 Å². The highest BCUT2D eigenvalue weighted by Gasteiger charge is 2.13. The monoisotopic (exact) mass is 241 g/mol. The number of amides is 1. The Labute approximate surface area is 95.6 Å². The number of carbonyl (C=O) groups excluding carboxylic acids is 1. The molecule has 0 aliphatic rings. The molecule has 0 radical (unpaired) electrons. The lowest BCUT2D eigenvalue weighted by atomic mass is 10.2. The number of hydrogen-bond acceptors (Lipinski definition) is 2. The van der Waals surface area contributed by atoms with Crippen molar-refractivity contribution in [1.29, 1.82) is 0 Å². The molecule has 4 nitrogen and oxygen atoms in total. The zero-order valence-electron chi connectivity index (χ0n) is 8.83. The van der Waals surface area contributed by atoms with Gasteiger partial charge in [-0.2, -0.15) is 0 Å². The van der Waals surface area contributed by atoms with Gasteiger partial charge in [-0.15, -0.1) is 0 Å². The Morgan fingerprint density at radius 1 is 1.29 bits per heavy atom. The predicted molar refractivity (Wildman–Crippen MR) is 56.4 cm³/mol. The van der Waals surface area contributed by atoms with Gasteiger partial charge in [-0.3, -0.25) is 4.79 Å². The fourth-order valence-corrected chi connectivity index (χ4v) is 1.08. The van der Waals surface area contributed by atoms with Crippen LogP contribution in [0.2, 0.25) is 0 Å². The Morgan fingerprint density at radius 3 is 2.29 bits per heavy atom. The summed E-state index contributed by atoms with van der Waals surface area (Å²) in [5.41, 5.74) is -0.768. The molecular weight excluding hydrogens is 232 g/mol. The number of benzene rings is 1. The molecule has 0 aliphatic carbocycles. The maximum atomic E-state index is 13.1. The first-order valence-corrected chi connectivity index (χ1v) is 4.58. The minimum Gasteiger partial charge on any atom is -0.478 e. The minimum absolute atomic E-state index is 0.167. The number of hydrogen-bond donors (Lipinski definition) is 2. The Bertz CT molecular complexity index is 477. The van der Waals surface area contributed by atoms with E-state index in [0.717, 1.165) is 18.2 Å². The first-order valence-electron chi connectivity index (χ1n) is 4.58. The number of carbonyl (C=O) groups is 2. The van der Waals surface area contributed by atoms with Crippen molar-refractivity contribution >= 4 is 17.6 Å². The number of halogens is 2. The maximum absolute atomic E-state index is 13.1. The molecule has 90 valence electrons. The molecule has 0 aliphatic heterocycles. The Morgan fingerprint density at radius 2 is 1.82 bits per heavy atom. The molecule has 6 heteroatoms. The molecule has 1 rings (SSSR count). The average molecular weight is 241 g/mol. The quantitative estimate of drug-likeness (QED) is 0.794. The summed E-state index contributed by atoms with van der Waals surface area (Å²) in [6.45, 7) is 1.22. The van der Waals surface area contributed by atoms with Gasteiger partial charge in [0.15, 0.2) is 0 Å². The summed E-state index contributed by atoms with van der Waals surface area (Å²) in [5, 5.41) is 10.4. The van der Waals surface area contributed by atoms with E-state index in [0.29, 0.717) is 6.08 Å². The molecule has 0 unspecified atom stereocenters. The van der Waals surface area contributed by atoms with E-state index in [4.69, 9.17) is 5.11 Å². The zero-order valence-corrected chi connectivity index (χ0v) is 8.83. The lowest BCUT2D eigenvalue weighted by Crippen LogP contribution is -2.15. The molecule has 0 heterocycles. The summed E-state index contributed by atoms with van der Waals surface area (Å²) >= 11 is 0. The maximum Gasteiger partial charge on any atom is 0.328 e. The highest BCUT2D eigenvalue weighted by molar-refractivity contribution is 6.06. The van der Waals surface area contributed by atoms with Crippen molar-refractivity contribution in [1.82, 2.24) is 0 Å². The third-order valence-corrected chi connectivity index (χ3v) is 1.90. The number of rotatable bonds is 3. The first-order chi connectivity index (χ1) is 7.91. The first kappa shape index (κ1) is 12.8. The van der Waals surface area contributed by atoms with E-state index in [2.05, 4.69) is 0 Å². The van der Waals surface area contributed by atoms with Gasteiger partial charge < -0.3 is 10.4 Å². The number of nitrogens with one attached hydrogen (secondary N) is 1. The summed E-state index contributed by atoms with van der Waals surface area (Å²) in [5.74, 6) is -4.05. The van der Waals surface area contributed by atoms with Crippen LogP contribution in [-0.2, 0) is 9.59 Å². The van der Waals surface area contributed by atoms with Gasteiger partial charge in [0.2, 0.25) is 0 Å². The fourth-order valence-electron chi connectivity index (χ4n) is 1.08. The predicted octanol–water partition coefficient (Wildman–Crippen LogP) is 1.93. The Kier molecular flexibility index (Phi) is 3.92. The smallest absolute Gasteiger partial charge is 0.328 e. The minimum atomic E-state index is -1.31. The molecule has 0 aromatic heterocycles. The van der Waals surface area contributed by atoms with Crippen molar-refractivity contribution in [3.8, 4) is 0 Å². The number of carboxylic acids is 1. The van der Waals surface area contributed by atoms with Crippen LogP contribution in [0.25, 0.3) is 0 Å².